The van der Waals surface area contributed by atoms with Crippen molar-refractivity contribution in [1.29, 1.82) is 0 Å². The molecule has 2 atom stereocenters. The summed E-state index contributed by atoms with van der Waals surface area (Å²) in [5, 5.41) is 34.7. The Morgan fingerprint density at radius 1 is 1.17 bits per heavy atom. The number of hydrogen-bond donors (Lipinski definition) is 3. The van der Waals surface area contributed by atoms with Crippen molar-refractivity contribution in [2.24, 2.45) is 0 Å². The fraction of sp³-hybridized carbons (Fsp3) is 0.417. The van der Waals surface area contributed by atoms with Gasteiger partial charge in [0.1, 0.15) is 11.4 Å². The number of hydrogen-bond acceptors (Lipinski definition) is 6. The zero-order valence-corrected chi connectivity index (χ0v) is 17.9. The Hall–Kier alpha value is -2.70. The normalized spacial score (nSPS) is 18.5. The molecule has 3 N–H and O–H groups in total. The van der Waals surface area contributed by atoms with Gasteiger partial charge in [-0.1, -0.05) is 30.3 Å². The van der Waals surface area contributed by atoms with Gasteiger partial charge in [0.05, 0.1) is 6.61 Å². The predicted molar refractivity (Wildman–Crippen MR) is 121 cm³/mol. The largest absolute Gasteiger partial charge is 0.507 e. The molecule has 30 heavy (non-hydrogen) atoms. The molecule has 1 saturated heterocycles. The average Bonchev–Trinajstić information content (AvgIpc) is 2.74. The number of phenolic OH excluding ortho intramolecular Hbond substituents is 1. The molecule has 3 aromatic rings. The van der Waals surface area contributed by atoms with E-state index in [9.17, 15) is 10.2 Å². The van der Waals surface area contributed by atoms with Crippen LogP contribution in [0, 0.1) is 13.8 Å². The molecule has 4 rings (SSSR count). The first-order valence-electron chi connectivity index (χ1n) is 10.7. The van der Waals surface area contributed by atoms with Crippen molar-refractivity contribution in [2.75, 3.05) is 25.0 Å². The summed E-state index contributed by atoms with van der Waals surface area (Å²) in [6.07, 6.45) is 2.14. The molecule has 2 aromatic carbocycles. The number of likely N-dealkylation sites (tertiary alicyclic amines) is 1. The second-order valence-electron chi connectivity index (χ2n) is 8.43. The number of nitrogens with zero attached hydrogens (tertiary/aromatic N) is 3. The van der Waals surface area contributed by atoms with Crippen molar-refractivity contribution in [3.05, 3.63) is 47.5 Å². The fourth-order valence-electron chi connectivity index (χ4n) is 4.48. The van der Waals surface area contributed by atoms with E-state index in [0.717, 1.165) is 59.2 Å². The Kier molecular flexibility index (Phi) is 5.88. The van der Waals surface area contributed by atoms with Crippen LogP contribution in [-0.2, 0) is 0 Å². The molecule has 0 aliphatic carbocycles. The third kappa shape index (κ3) is 3.98. The number of fused-ring (bicyclic) bond motifs is 1. The van der Waals surface area contributed by atoms with Crippen molar-refractivity contribution in [3.63, 3.8) is 0 Å². The summed E-state index contributed by atoms with van der Waals surface area (Å²) >= 11 is 0. The Morgan fingerprint density at radius 2 is 1.93 bits per heavy atom. The van der Waals surface area contributed by atoms with E-state index in [0.29, 0.717) is 5.69 Å². The molecule has 0 radical (unpaired) electrons. The van der Waals surface area contributed by atoms with Crippen molar-refractivity contribution in [2.45, 2.75) is 45.7 Å². The number of benzene rings is 2. The summed E-state index contributed by atoms with van der Waals surface area (Å²) in [5.41, 5.74) is 3.43. The molecule has 6 heteroatoms. The summed E-state index contributed by atoms with van der Waals surface area (Å²) in [7, 11) is 0. The molecule has 158 valence electrons. The van der Waals surface area contributed by atoms with Crippen LogP contribution in [0.15, 0.2) is 36.4 Å². The smallest absolute Gasteiger partial charge is 0.156 e. The van der Waals surface area contributed by atoms with E-state index in [4.69, 9.17) is 0 Å². The van der Waals surface area contributed by atoms with Crippen LogP contribution in [-0.4, -0.2) is 57.1 Å². The van der Waals surface area contributed by atoms with Crippen molar-refractivity contribution < 1.29 is 10.2 Å². The van der Waals surface area contributed by atoms with E-state index >= 15 is 0 Å². The predicted octanol–water partition coefficient (Wildman–Crippen LogP) is 3.88. The molecule has 1 aliphatic rings. The highest BCUT2D eigenvalue weighted by Gasteiger charge is 2.24. The van der Waals surface area contributed by atoms with Crippen LogP contribution < -0.4 is 5.32 Å². The van der Waals surface area contributed by atoms with Gasteiger partial charge >= 0.3 is 0 Å². The summed E-state index contributed by atoms with van der Waals surface area (Å²) in [4.78, 5) is 2.32. The molecular formula is C24H30N4O2. The number of nitrogens with one attached hydrogen (secondary N) is 1. The van der Waals surface area contributed by atoms with Crippen LogP contribution in [0.4, 0.5) is 5.82 Å². The number of phenols is 1. The van der Waals surface area contributed by atoms with E-state index in [2.05, 4.69) is 33.4 Å². The highest BCUT2D eigenvalue weighted by Crippen LogP contribution is 2.37. The van der Waals surface area contributed by atoms with E-state index < -0.39 is 0 Å². The third-order valence-corrected chi connectivity index (χ3v) is 6.06. The van der Waals surface area contributed by atoms with Gasteiger partial charge < -0.3 is 15.5 Å². The monoisotopic (exact) mass is 406 g/mol. The fourth-order valence-corrected chi connectivity index (χ4v) is 4.48. The lowest BCUT2D eigenvalue weighted by Crippen LogP contribution is -2.47. The maximum atomic E-state index is 10.6. The zero-order valence-electron chi connectivity index (χ0n) is 17.9. The number of piperidine rings is 1. The van der Waals surface area contributed by atoms with Crippen LogP contribution in [0.3, 0.4) is 0 Å². The first-order chi connectivity index (χ1) is 14.5. The molecule has 1 aromatic heterocycles. The summed E-state index contributed by atoms with van der Waals surface area (Å²) < 4.78 is 0. The van der Waals surface area contributed by atoms with Crippen LogP contribution in [0.25, 0.3) is 22.0 Å². The maximum Gasteiger partial charge on any atom is 0.156 e. The quantitative estimate of drug-likeness (QED) is 0.597. The maximum absolute atomic E-state index is 10.6. The highest BCUT2D eigenvalue weighted by atomic mass is 16.3. The van der Waals surface area contributed by atoms with Crippen molar-refractivity contribution in [3.8, 4) is 17.0 Å². The standard InChI is InChI=1S/C24H30N4O2/c1-15-11-16(2)22(21(30)12-15)23-19-8-4-5-9-20(19)24(27-26-23)25-18-7-6-10-28(13-18)17(3)14-29/h4-5,8-9,11-12,17-18,29-30H,6-7,10,13-14H2,1-3H3,(H,25,27). The minimum atomic E-state index is 0.160. The van der Waals surface area contributed by atoms with Gasteiger partial charge in [-0.05, 0) is 57.4 Å². The van der Waals surface area contributed by atoms with Crippen LogP contribution >= 0.6 is 0 Å². The number of aromatic nitrogens is 2. The molecule has 1 aliphatic heterocycles. The van der Waals surface area contributed by atoms with Gasteiger partial charge in [0.25, 0.3) is 0 Å². The molecular weight excluding hydrogens is 376 g/mol. The number of aromatic hydroxyl groups is 1. The SMILES string of the molecule is Cc1cc(C)c(-c2nnc(NC3CCCN(C(C)CO)C3)c3ccccc23)c(O)c1. The minimum absolute atomic E-state index is 0.160. The Bertz CT molecular complexity index is 1030. The number of anilines is 1. The van der Waals surface area contributed by atoms with Crippen LogP contribution in [0.5, 0.6) is 5.75 Å². The zero-order chi connectivity index (χ0) is 21.3. The van der Waals surface area contributed by atoms with E-state index in [1.54, 1.807) is 6.07 Å². The summed E-state index contributed by atoms with van der Waals surface area (Å²) in [5.74, 6) is 0.996. The second-order valence-corrected chi connectivity index (χ2v) is 8.43. The van der Waals surface area contributed by atoms with Crippen molar-refractivity contribution >= 4 is 16.6 Å². The number of rotatable bonds is 5. The topological polar surface area (TPSA) is 81.5 Å². The Labute approximate surface area is 177 Å². The van der Waals surface area contributed by atoms with Gasteiger partial charge in [-0.25, -0.2) is 0 Å². The van der Waals surface area contributed by atoms with E-state index in [1.807, 2.05) is 38.1 Å². The first-order valence-corrected chi connectivity index (χ1v) is 10.7. The van der Waals surface area contributed by atoms with Gasteiger partial charge in [-0.15, -0.1) is 10.2 Å². The molecule has 0 spiro atoms. The molecule has 2 unspecified atom stereocenters. The van der Waals surface area contributed by atoms with Crippen LogP contribution in [0.2, 0.25) is 0 Å². The Balaban J connectivity index is 1.70. The average molecular weight is 407 g/mol. The van der Waals surface area contributed by atoms with Gasteiger partial charge in [-0.2, -0.15) is 0 Å². The molecule has 6 nitrogen and oxygen atoms in total. The molecule has 0 saturated carbocycles. The van der Waals surface area contributed by atoms with E-state index in [1.165, 1.54) is 0 Å². The molecule has 0 amide bonds. The van der Waals surface area contributed by atoms with Gasteiger partial charge in [0, 0.05) is 35.0 Å². The lowest BCUT2D eigenvalue weighted by Gasteiger charge is -2.36. The number of aliphatic hydroxyl groups excluding tert-OH is 1. The van der Waals surface area contributed by atoms with Crippen LogP contribution in [0.1, 0.15) is 30.9 Å². The first kappa shape index (κ1) is 20.6. The highest BCUT2D eigenvalue weighted by molar-refractivity contribution is 6.01. The van der Waals surface area contributed by atoms with E-state index in [-0.39, 0.29) is 24.4 Å². The molecule has 1 fully saturated rings. The summed E-state index contributed by atoms with van der Waals surface area (Å²) in [6.45, 7) is 8.07. The third-order valence-electron chi connectivity index (χ3n) is 6.06. The molecule has 2 heterocycles. The molecule has 0 bridgehead atoms. The van der Waals surface area contributed by atoms with Gasteiger partial charge in [0.2, 0.25) is 0 Å². The number of aliphatic hydroxyl groups is 1. The Morgan fingerprint density at radius 3 is 2.67 bits per heavy atom. The van der Waals surface area contributed by atoms with Gasteiger partial charge in [0.15, 0.2) is 5.82 Å². The summed E-state index contributed by atoms with van der Waals surface area (Å²) in [6, 6.07) is 12.3. The minimum Gasteiger partial charge on any atom is -0.507 e. The van der Waals surface area contributed by atoms with Gasteiger partial charge in [-0.3, -0.25) is 4.90 Å². The second kappa shape index (κ2) is 8.58. The lowest BCUT2D eigenvalue weighted by atomic mass is 9.97. The number of aryl methyl sites for hydroxylation is 2. The van der Waals surface area contributed by atoms with Crippen molar-refractivity contribution in [1.82, 2.24) is 15.1 Å². The lowest BCUT2D eigenvalue weighted by molar-refractivity contribution is 0.110.